The van der Waals surface area contributed by atoms with Crippen molar-refractivity contribution in [3.63, 3.8) is 0 Å². The van der Waals surface area contributed by atoms with E-state index in [-0.39, 0.29) is 0 Å². The molecule has 3 heterocycles. The highest BCUT2D eigenvalue weighted by Gasteiger charge is 2.40. The Hall–Kier alpha value is -0.900. The van der Waals surface area contributed by atoms with E-state index in [1.54, 1.807) is 0 Å². The van der Waals surface area contributed by atoms with Gasteiger partial charge in [0.1, 0.15) is 0 Å². The predicted molar refractivity (Wildman–Crippen MR) is 86.1 cm³/mol. The van der Waals surface area contributed by atoms with Crippen LogP contribution in [0.1, 0.15) is 30.9 Å². The van der Waals surface area contributed by atoms with Gasteiger partial charge in [-0.05, 0) is 49.4 Å². The number of likely N-dealkylation sites (tertiary alicyclic amines) is 1. The normalized spacial score (nSPS) is 31.1. The molecule has 0 amide bonds. The fraction of sp³-hybridized carbons (Fsp3) is 0.667. The standard InChI is InChI=1S/C18H27N3/c1-15(21-11-16-4-2-3-5-17(16)12-21)10-20-9-7-18(14-20)6-8-19-13-18/h2-5,15,19H,6-14H2,1H3. The Bertz CT molecular complexity index is 482. The minimum atomic E-state index is 0.605. The first-order valence-electron chi connectivity index (χ1n) is 8.48. The number of fused-ring (bicyclic) bond motifs is 1. The van der Waals surface area contributed by atoms with Crippen LogP contribution >= 0.6 is 0 Å². The van der Waals surface area contributed by atoms with Gasteiger partial charge in [0, 0.05) is 38.8 Å². The van der Waals surface area contributed by atoms with E-state index in [1.165, 1.54) is 56.7 Å². The minimum absolute atomic E-state index is 0.605. The van der Waals surface area contributed by atoms with E-state index in [0.717, 1.165) is 13.1 Å². The molecule has 0 saturated carbocycles. The maximum atomic E-state index is 3.56. The highest BCUT2D eigenvalue weighted by molar-refractivity contribution is 5.30. The van der Waals surface area contributed by atoms with Crippen LogP contribution in [0.2, 0.25) is 0 Å². The first-order valence-corrected chi connectivity index (χ1v) is 8.48. The molecule has 3 nitrogen and oxygen atoms in total. The summed E-state index contributed by atoms with van der Waals surface area (Å²) in [5, 5.41) is 3.56. The first-order chi connectivity index (χ1) is 10.2. The molecule has 4 rings (SSSR count). The zero-order valence-corrected chi connectivity index (χ0v) is 13.1. The van der Waals surface area contributed by atoms with Crippen LogP contribution in [0.3, 0.4) is 0 Å². The summed E-state index contributed by atoms with van der Waals surface area (Å²) >= 11 is 0. The Morgan fingerprint density at radius 2 is 1.95 bits per heavy atom. The average Bonchev–Trinajstić information content (AvgIpc) is 3.20. The number of nitrogens with one attached hydrogen (secondary N) is 1. The number of rotatable bonds is 3. The number of hydrogen-bond acceptors (Lipinski definition) is 3. The Labute approximate surface area is 128 Å². The molecule has 0 radical (unpaired) electrons. The molecule has 2 fully saturated rings. The van der Waals surface area contributed by atoms with Gasteiger partial charge in [0.05, 0.1) is 0 Å². The monoisotopic (exact) mass is 285 g/mol. The number of nitrogens with zero attached hydrogens (tertiary/aromatic N) is 2. The molecule has 2 saturated heterocycles. The Balaban J connectivity index is 1.34. The van der Waals surface area contributed by atoms with E-state index >= 15 is 0 Å². The van der Waals surface area contributed by atoms with Crippen LogP contribution in [0, 0.1) is 5.41 Å². The van der Waals surface area contributed by atoms with Crippen LogP contribution in [-0.2, 0) is 13.1 Å². The van der Waals surface area contributed by atoms with Crippen molar-refractivity contribution in [3.05, 3.63) is 35.4 Å². The lowest BCUT2D eigenvalue weighted by molar-refractivity contribution is 0.154. The zero-order valence-electron chi connectivity index (χ0n) is 13.1. The van der Waals surface area contributed by atoms with Crippen LogP contribution < -0.4 is 5.32 Å². The second kappa shape index (κ2) is 5.38. The Kier molecular flexibility index (Phi) is 3.52. The third kappa shape index (κ3) is 2.63. The Morgan fingerprint density at radius 3 is 2.62 bits per heavy atom. The van der Waals surface area contributed by atoms with E-state index in [4.69, 9.17) is 0 Å². The molecule has 0 aliphatic carbocycles. The van der Waals surface area contributed by atoms with Crippen molar-refractivity contribution in [2.24, 2.45) is 5.41 Å². The van der Waals surface area contributed by atoms with Gasteiger partial charge in [-0.15, -0.1) is 0 Å². The molecule has 1 N–H and O–H groups in total. The lowest BCUT2D eigenvalue weighted by atomic mass is 9.86. The van der Waals surface area contributed by atoms with Gasteiger partial charge >= 0.3 is 0 Å². The molecule has 21 heavy (non-hydrogen) atoms. The molecule has 114 valence electrons. The number of benzene rings is 1. The summed E-state index contributed by atoms with van der Waals surface area (Å²) in [5.41, 5.74) is 3.66. The van der Waals surface area contributed by atoms with E-state index in [0.29, 0.717) is 11.5 Å². The minimum Gasteiger partial charge on any atom is -0.316 e. The molecule has 3 aliphatic rings. The van der Waals surface area contributed by atoms with E-state index in [1.807, 2.05) is 0 Å². The van der Waals surface area contributed by atoms with Gasteiger partial charge in [-0.1, -0.05) is 24.3 Å². The zero-order chi connectivity index (χ0) is 14.3. The van der Waals surface area contributed by atoms with Crippen molar-refractivity contribution in [1.29, 1.82) is 0 Å². The van der Waals surface area contributed by atoms with Crippen LogP contribution in [0.5, 0.6) is 0 Å². The van der Waals surface area contributed by atoms with Gasteiger partial charge < -0.3 is 10.2 Å². The second-order valence-electron chi connectivity index (χ2n) is 7.43. The van der Waals surface area contributed by atoms with Crippen molar-refractivity contribution >= 4 is 0 Å². The largest absolute Gasteiger partial charge is 0.316 e. The molecule has 2 unspecified atom stereocenters. The van der Waals surface area contributed by atoms with Crippen molar-refractivity contribution in [3.8, 4) is 0 Å². The van der Waals surface area contributed by atoms with Crippen molar-refractivity contribution in [2.45, 2.75) is 38.9 Å². The summed E-state index contributed by atoms with van der Waals surface area (Å²) in [6.07, 6.45) is 2.78. The molecule has 1 spiro atoms. The highest BCUT2D eigenvalue weighted by atomic mass is 15.2. The summed E-state index contributed by atoms with van der Waals surface area (Å²) in [6.45, 7) is 11.0. The van der Waals surface area contributed by atoms with Gasteiger partial charge in [-0.3, -0.25) is 4.90 Å². The SMILES string of the molecule is CC(CN1CCC2(CCNC2)C1)N1Cc2ccccc2C1. The molecule has 3 aliphatic heterocycles. The predicted octanol–water partition coefficient (Wildman–Crippen LogP) is 2.08. The fourth-order valence-corrected chi connectivity index (χ4v) is 4.49. The lowest BCUT2D eigenvalue weighted by Crippen LogP contribution is -2.40. The lowest BCUT2D eigenvalue weighted by Gasteiger charge is -2.29. The van der Waals surface area contributed by atoms with Crippen LogP contribution in [0.25, 0.3) is 0 Å². The van der Waals surface area contributed by atoms with E-state index < -0.39 is 0 Å². The molecule has 2 atom stereocenters. The van der Waals surface area contributed by atoms with Crippen LogP contribution in [0.4, 0.5) is 0 Å². The van der Waals surface area contributed by atoms with Crippen molar-refractivity contribution in [1.82, 2.24) is 15.1 Å². The summed E-state index contributed by atoms with van der Waals surface area (Å²) in [4.78, 5) is 5.35. The fourth-order valence-electron chi connectivity index (χ4n) is 4.49. The average molecular weight is 285 g/mol. The molecule has 1 aromatic carbocycles. The van der Waals surface area contributed by atoms with E-state index in [2.05, 4.69) is 46.3 Å². The van der Waals surface area contributed by atoms with Crippen LogP contribution in [0.15, 0.2) is 24.3 Å². The van der Waals surface area contributed by atoms with Gasteiger partial charge in [0.2, 0.25) is 0 Å². The third-order valence-corrected chi connectivity index (χ3v) is 5.86. The second-order valence-corrected chi connectivity index (χ2v) is 7.43. The van der Waals surface area contributed by atoms with Gasteiger partial charge in [0.25, 0.3) is 0 Å². The summed E-state index contributed by atoms with van der Waals surface area (Å²) < 4.78 is 0. The van der Waals surface area contributed by atoms with E-state index in [9.17, 15) is 0 Å². The highest BCUT2D eigenvalue weighted by Crippen LogP contribution is 2.36. The molecular weight excluding hydrogens is 258 g/mol. The maximum absolute atomic E-state index is 3.56. The first kappa shape index (κ1) is 13.7. The van der Waals surface area contributed by atoms with Crippen molar-refractivity contribution < 1.29 is 0 Å². The molecule has 1 aromatic rings. The van der Waals surface area contributed by atoms with Crippen molar-refractivity contribution in [2.75, 3.05) is 32.7 Å². The van der Waals surface area contributed by atoms with Gasteiger partial charge in [0.15, 0.2) is 0 Å². The van der Waals surface area contributed by atoms with Gasteiger partial charge in [-0.25, -0.2) is 0 Å². The Morgan fingerprint density at radius 1 is 1.19 bits per heavy atom. The summed E-state index contributed by atoms with van der Waals surface area (Å²) in [6, 6.07) is 9.57. The summed E-state index contributed by atoms with van der Waals surface area (Å²) in [5.74, 6) is 0. The van der Waals surface area contributed by atoms with Crippen LogP contribution in [-0.4, -0.2) is 48.6 Å². The smallest absolute Gasteiger partial charge is 0.0243 e. The quantitative estimate of drug-likeness (QED) is 0.917. The summed E-state index contributed by atoms with van der Waals surface area (Å²) in [7, 11) is 0. The number of hydrogen-bond donors (Lipinski definition) is 1. The molecule has 0 bridgehead atoms. The molecule has 0 aromatic heterocycles. The third-order valence-electron chi connectivity index (χ3n) is 5.86. The maximum Gasteiger partial charge on any atom is 0.0243 e. The van der Waals surface area contributed by atoms with Gasteiger partial charge in [-0.2, -0.15) is 0 Å². The molecular formula is C18H27N3. The topological polar surface area (TPSA) is 18.5 Å². The molecule has 3 heteroatoms.